The van der Waals surface area contributed by atoms with Gasteiger partial charge in [0, 0.05) is 29.3 Å². The lowest BCUT2D eigenvalue weighted by atomic mass is 10.1. The van der Waals surface area contributed by atoms with Crippen LogP contribution in [0.4, 0.5) is 5.69 Å². The maximum atomic E-state index is 11.6. The van der Waals surface area contributed by atoms with Gasteiger partial charge in [-0.25, -0.2) is 8.42 Å². The lowest BCUT2D eigenvalue weighted by Crippen LogP contribution is -2.32. The number of nitrogens with one attached hydrogen (secondary N) is 1. The molecule has 0 saturated carbocycles. The van der Waals surface area contributed by atoms with Crippen LogP contribution in [0.5, 0.6) is 0 Å². The lowest BCUT2D eigenvalue weighted by molar-refractivity contribution is 0.601. The summed E-state index contributed by atoms with van der Waals surface area (Å²) in [5.41, 5.74) is 2.25. The van der Waals surface area contributed by atoms with Crippen molar-refractivity contribution in [2.24, 2.45) is 0 Å². The van der Waals surface area contributed by atoms with Crippen LogP contribution in [0.3, 0.4) is 0 Å². The summed E-state index contributed by atoms with van der Waals surface area (Å²) < 4.78 is 24.2. The van der Waals surface area contributed by atoms with Gasteiger partial charge in [0.2, 0.25) is 0 Å². The van der Waals surface area contributed by atoms with Crippen molar-refractivity contribution in [3.05, 3.63) is 28.2 Å². The maximum Gasteiger partial charge on any atom is 0.152 e. The fourth-order valence-corrected chi connectivity index (χ4v) is 5.02. The van der Waals surface area contributed by atoms with Gasteiger partial charge in [-0.2, -0.15) is 0 Å². The molecule has 0 amide bonds. The highest BCUT2D eigenvalue weighted by Gasteiger charge is 2.30. The van der Waals surface area contributed by atoms with Gasteiger partial charge in [0.05, 0.1) is 11.5 Å². The summed E-state index contributed by atoms with van der Waals surface area (Å²) in [4.78, 5) is 2.07. The molecule has 1 heterocycles. The molecule has 2 unspecified atom stereocenters. The molecule has 20 heavy (non-hydrogen) atoms. The summed E-state index contributed by atoms with van der Waals surface area (Å²) in [5, 5.41) is 3.21. The highest BCUT2D eigenvalue weighted by Crippen LogP contribution is 2.30. The highest BCUT2D eigenvalue weighted by molar-refractivity contribution is 9.10. The second-order valence-electron chi connectivity index (χ2n) is 5.38. The number of benzene rings is 1. The third-order valence-corrected chi connectivity index (χ3v) is 6.48. The fourth-order valence-electron chi connectivity index (χ4n) is 2.53. The third-order valence-electron chi connectivity index (χ3n) is 4.05. The normalized spacial score (nSPS) is 22.7. The minimum atomic E-state index is -2.85. The molecule has 1 aromatic carbocycles. The first kappa shape index (κ1) is 15.8. The molecule has 1 aliphatic rings. The van der Waals surface area contributed by atoms with E-state index in [0.717, 1.165) is 10.2 Å². The number of rotatable bonds is 4. The Bertz CT molecular complexity index is 589. The van der Waals surface area contributed by atoms with Gasteiger partial charge < -0.3 is 10.2 Å². The molecule has 1 aromatic rings. The average Bonchev–Trinajstić information content (AvgIpc) is 2.77. The summed E-state index contributed by atoms with van der Waals surface area (Å²) in [6, 6.07) is 6.56. The van der Waals surface area contributed by atoms with Crippen molar-refractivity contribution >= 4 is 31.5 Å². The summed E-state index contributed by atoms with van der Waals surface area (Å²) in [6.07, 6.45) is 0.713. The second kappa shape index (κ2) is 6.03. The quantitative estimate of drug-likeness (QED) is 0.895. The van der Waals surface area contributed by atoms with Gasteiger partial charge in [-0.05, 0) is 38.1 Å². The van der Waals surface area contributed by atoms with Crippen molar-refractivity contribution in [2.45, 2.75) is 25.4 Å². The van der Waals surface area contributed by atoms with Crippen molar-refractivity contribution in [1.82, 2.24) is 5.32 Å². The van der Waals surface area contributed by atoms with Crippen LogP contribution >= 0.6 is 15.9 Å². The van der Waals surface area contributed by atoms with E-state index in [0.29, 0.717) is 12.2 Å². The molecule has 0 aliphatic carbocycles. The van der Waals surface area contributed by atoms with E-state index in [9.17, 15) is 8.42 Å². The molecule has 0 bridgehead atoms. The van der Waals surface area contributed by atoms with Crippen LogP contribution < -0.4 is 10.2 Å². The Kier molecular flexibility index (Phi) is 4.76. The molecule has 112 valence electrons. The molecule has 0 spiro atoms. The number of sulfone groups is 1. The van der Waals surface area contributed by atoms with Gasteiger partial charge in [-0.15, -0.1) is 0 Å². The van der Waals surface area contributed by atoms with Gasteiger partial charge in [-0.1, -0.05) is 22.0 Å². The largest absolute Gasteiger partial charge is 0.371 e. The van der Waals surface area contributed by atoms with E-state index < -0.39 is 9.84 Å². The van der Waals surface area contributed by atoms with Crippen LogP contribution in [0, 0.1) is 0 Å². The first-order valence-electron chi connectivity index (χ1n) is 6.74. The topological polar surface area (TPSA) is 49.4 Å². The summed E-state index contributed by atoms with van der Waals surface area (Å²) in [7, 11) is 1.05. The Morgan fingerprint density at radius 2 is 2.15 bits per heavy atom. The molecular weight excluding hydrogens is 340 g/mol. The first-order valence-corrected chi connectivity index (χ1v) is 9.35. The Labute approximate surface area is 129 Å². The van der Waals surface area contributed by atoms with E-state index >= 15 is 0 Å². The molecular formula is C14H21BrN2O2S. The molecule has 0 radical (unpaired) electrons. The second-order valence-corrected chi connectivity index (χ2v) is 8.47. The Morgan fingerprint density at radius 1 is 1.45 bits per heavy atom. The number of hydrogen-bond acceptors (Lipinski definition) is 4. The van der Waals surface area contributed by atoms with Crippen molar-refractivity contribution < 1.29 is 8.42 Å². The van der Waals surface area contributed by atoms with Crippen molar-refractivity contribution in [2.75, 3.05) is 30.5 Å². The monoisotopic (exact) mass is 360 g/mol. The van der Waals surface area contributed by atoms with E-state index in [1.807, 2.05) is 14.1 Å². The Morgan fingerprint density at radius 3 is 2.65 bits per heavy atom. The van der Waals surface area contributed by atoms with Gasteiger partial charge in [-0.3, -0.25) is 0 Å². The van der Waals surface area contributed by atoms with Gasteiger partial charge in [0.1, 0.15) is 0 Å². The predicted octanol–water partition coefficient (Wildman–Crippen LogP) is 2.35. The standard InChI is InChI=1S/C14H21BrN2O2S/c1-10(16-2)13-5-4-11(8-14(13)15)17(3)12-6-7-20(18,19)9-12/h4-5,8,10,12,16H,6-7,9H2,1-3H3. The predicted molar refractivity (Wildman–Crippen MR) is 87.1 cm³/mol. The van der Waals surface area contributed by atoms with Gasteiger partial charge >= 0.3 is 0 Å². The third kappa shape index (κ3) is 3.35. The zero-order valence-electron chi connectivity index (χ0n) is 12.1. The van der Waals surface area contributed by atoms with Crippen molar-refractivity contribution in [3.8, 4) is 0 Å². The summed E-state index contributed by atoms with van der Waals surface area (Å²) in [5.74, 6) is 0.563. The minimum absolute atomic E-state index is 0.0828. The van der Waals surface area contributed by atoms with Crippen LogP contribution in [0.1, 0.15) is 24.9 Å². The Balaban J connectivity index is 2.19. The van der Waals surface area contributed by atoms with E-state index in [1.54, 1.807) is 0 Å². The van der Waals surface area contributed by atoms with Crippen LogP contribution in [0.15, 0.2) is 22.7 Å². The van der Waals surface area contributed by atoms with E-state index in [4.69, 9.17) is 0 Å². The zero-order valence-corrected chi connectivity index (χ0v) is 14.5. The summed E-state index contributed by atoms with van der Waals surface area (Å²) in [6.45, 7) is 2.10. The molecule has 1 saturated heterocycles. The van der Waals surface area contributed by atoms with E-state index in [1.165, 1.54) is 5.56 Å². The van der Waals surface area contributed by atoms with Crippen molar-refractivity contribution in [1.29, 1.82) is 0 Å². The number of anilines is 1. The number of hydrogen-bond donors (Lipinski definition) is 1. The van der Waals surface area contributed by atoms with Crippen LogP contribution in [-0.4, -0.2) is 40.1 Å². The average molecular weight is 361 g/mol. The zero-order chi connectivity index (χ0) is 14.9. The minimum Gasteiger partial charge on any atom is -0.371 e. The van der Waals surface area contributed by atoms with Gasteiger partial charge in [0.25, 0.3) is 0 Å². The molecule has 1 aliphatic heterocycles. The summed E-state index contributed by atoms with van der Waals surface area (Å²) >= 11 is 3.60. The molecule has 2 rings (SSSR count). The van der Waals surface area contributed by atoms with Crippen LogP contribution in [0.25, 0.3) is 0 Å². The van der Waals surface area contributed by atoms with Crippen molar-refractivity contribution in [3.63, 3.8) is 0 Å². The molecule has 0 aromatic heterocycles. The molecule has 1 N–H and O–H groups in total. The van der Waals surface area contributed by atoms with Gasteiger partial charge in [0.15, 0.2) is 9.84 Å². The molecule has 2 atom stereocenters. The fraction of sp³-hybridized carbons (Fsp3) is 0.571. The number of halogens is 1. The highest BCUT2D eigenvalue weighted by atomic mass is 79.9. The maximum absolute atomic E-state index is 11.6. The molecule has 1 fully saturated rings. The SMILES string of the molecule is CNC(C)c1ccc(N(C)C2CCS(=O)(=O)C2)cc1Br. The van der Waals surface area contributed by atoms with E-state index in [-0.39, 0.29) is 17.8 Å². The Hall–Kier alpha value is -0.590. The van der Waals surface area contributed by atoms with Crippen LogP contribution in [-0.2, 0) is 9.84 Å². The smallest absolute Gasteiger partial charge is 0.152 e. The molecule has 6 heteroatoms. The first-order chi connectivity index (χ1) is 9.34. The van der Waals surface area contributed by atoms with Crippen LogP contribution in [0.2, 0.25) is 0 Å². The molecule has 4 nitrogen and oxygen atoms in total. The number of nitrogens with zero attached hydrogens (tertiary/aromatic N) is 1. The lowest BCUT2D eigenvalue weighted by Gasteiger charge is -2.26. The van der Waals surface area contributed by atoms with E-state index in [2.05, 4.69) is 51.3 Å².